The van der Waals surface area contributed by atoms with Gasteiger partial charge in [-0.3, -0.25) is 0 Å². The van der Waals surface area contributed by atoms with Crippen LogP contribution in [0.1, 0.15) is 32.6 Å². The van der Waals surface area contributed by atoms with Crippen LogP contribution in [0.25, 0.3) is 17.0 Å². The summed E-state index contributed by atoms with van der Waals surface area (Å²) in [5.74, 6) is 1.49. The van der Waals surface area contributed by atoms with Gasteiger partial charge in [-0.25, -0.2) is 0 Å². The predicted molar refractivity (Wildman–Crippen MR) is 97.3 cm³/mol. The van der Waals surface area contributed by atoms with E-state index in [-0.39, 0.29) is 11.5 Å². The van der Waals surface area contributed by atoms with E-state index in [0.29, 0.717) is 12.2 Å². The second kappa shape index (κ2) is 6.44. The molecule has 1 saturated carbocycles. The monoisotopic (exact) mass is 337 g/mol. The largest absolute Gasteiger partial charge is 0.392 e. The number of hydrogen-bond donors (Lipinski definition) is 2. The molecule has 0 radical (unpaired) electrons. The molecule has 0 saturated heterocycles. The van der Waals surface area contributed by atoms with Gasteiger partial charge in [-0.05, 0) is 25.0 Å². The molecule has 6 nitrogen and oxygen atoms in total. The molecule has 25 heavy (non-hydrogen) atoms. The number of nitrogens with one attached hydrogen (secondary N) is 1. The zero-order valence-electron chi connectivity index (χ0n) is 14.4. The SMILES string of the molecule is CC1(CNc2ccc3nnc(-c4ccccc4)n3n2)CCCCC1O. The number of anilines is 1. The highest BCUT2D eigenvalue weighted by molar-refractivity contribution is 5.59. The van der Waals surface area contributed by atoms with Crippen LogP contribution in [0.4, 0.5) is 5.82 Å². The summed E-state index contributed by atoms with van der Waals surface area (Å²) in [6, 6.07) is 13.7. The Bertz CT molecular complexity index is 863. The van der Waals surface area contributed by atoms with E-state index in [1.54, 1.807) is 4.52 Å². The van der Waals surface area contributed by atoms with Gasteiger partial charge in [0.2, 0.25) is 0 Å². The average molecular weight is 337 g/mol. The topological polar surface area (TPSA) is 75.3 Å². The van der Waals surface area contributed by atoms with Gasteiger partial charge < -0.3 is 10.4 Å². The third-order valence-electron chi connectivity index (χ3n) is 5.25. The molecule has 4 rings (SSSR count). The molecule has 0 amide bonds. The first-order valence-corrected chi connectivity index (χ1v) is 8.86. The van der Waals surface area contributed by atoms with Crippen LogP contribution in [0.3, 0.4) is 0 Å². The number of aliphatic hydroxyl groups is 1. The Hall–Kier alpha value is -2.47. The Balaban J connectivity index is 1.59. The maximum Gasteiger partial charge on any atom is 0.185 e. The number of benzene rings is 1. The predicted octanol–water partition coefficient (Wildman–Crippen LogP) is 3.14. The molecular formula is C19H23N5O. The molecule has 2 unspecified atom stereocenters. The first-order valence-electron chi connectivity index (χ1n) is 8.86. The number of nitrogens with zero attached hydrogens (tertiary/aromatic N) is 4. The van der Waals surface area contributed by atoms with Crippen LogP contribution in [0.2, 0.25) is 0 Å². The Labute approximate surface area is 146 Å². The van der Waals surface area contributed by atoms with Gasteiger partial charge in [-0.2, -0.15) is 4.52 Å². The summed E-state index contributed by atoms with van der Waals surface area (Å²) in [7, 11) is 0. The van der Waals surface area contributed by atoms with Gasteiger partial charge in [0, 0.05) is 17.5 Å². The van der Waals surface area contributed by atoms with E-state index in [4.69, 9.17) is 0 Å². The zero-order chi connectivity index (χ0) is 17.3. The number of fused-ring (bicyclic) bond motifs is 1. The number of hydrogen-bond acceptors (Lipinski definition) is 5. The van der Waals surface area contributed by atoms with Crippen molar-refractivity contribution in [3.8, 4) is 11.4 Å². The van der Waals surface area contributed by atoms with Gasteiger partial charge >= 0.3 is 0 Å². The summed E-state index contributed by atoms with van der Waals surface area (Å²) >= 11 is 0. The highest BCUT2D eigenvalue weighted by atomic mass is 16.3. The first kappa shape index (κ1) is 16.0. The Morgan fingerprint density at radius 2 is 2.00 bits per heavy atom. The number of aliphatic hydroxyl groups excluding tert-OH is 1. The molecule has 3 aromatic rings. The van der Waals surface area contributed by atoms with Gasteiger partial charge in [0.25, 0.3) is 0 Å². The van der Waals surface area contributed by atoms with Crippen molar-refractivity contribution in [2.45, 2.75) is 38.7 Å². The van der Waals surface area contributed by atoms with Crippen LogP contribution in [0.5, 0.6) is 0 Å². The molecule has 1 aromatic carbocycles. The quantitative estimate of drug-likeness (QED) is 0.765. The molecule has 1 aliphatic rings. The van der Waals surface area contributed by atoms with Crippen molar-refractivity contribution in [2.24, 2.45) is 5.41 Å². The van der Waals surface area contributed by atoms with Crippen molar-refractivity contribution >= 4 is 11.5 Å². The summed E-state index contributed by atoms with van der Waals surface area (Å²) in [5, 5.41) is 26.9. The zero-order valence-corrected chi connectivity index (χ0v) is 14.4. The second-order valence-corrected chi connectivity index (χ2v) is 7.15. The van der Waals surface area contributed by atoms with Crippen LogP contribution < -0.4 is 5.32 Å². The summed E-state index contributed by atoms with van der Waals surface area (Å²) in [6.45, 7) is 2.85. The van der Waals surface area contributed by atoms with E-state index in [1.165, 1.54) is 6.42 Å². The fourth-order valence-electron chi connectivity index (χ4n) is 3.53. The highest BCUT2D eigenvalue weighted by Gasteiger charge is 2.35. The lowest BCUT2D eigenvalue weighted by Crippen LogP contribution is -2.41. The van der Waals surface area contributed by atoms with Crippen molar-refractivity contribution in [1.82, 2.24) is 19.8 Å². The molecule has 2 atom stereocenters. The molecule has 0 aliphatic heterocycles. The first-order chi connectivity index (χ1) is 12.2. The fraction of sp³-hybridized carbons (Fsp3) is 0.421. The minimum Gasteiger partial charge on any atom is -0.392 e. The standard InChI is InChI=1S/C19H23N5O/c1-19(12-6-5-9-15(19)25)13-20-16-10-11-17-21-22-18(24(17)23-16)14-7-3-2-4-8-14/h2-4,7-8,10-11,15,25H,5-6,9,12-13H2,1H3,(H,20,23). The minimum absolute atomic E-state index is 0.107. The van der Waals surface area contributed by atoms with Crippen LogP contribution in [0.15, 0.2) is 42.5 Å². The summed E-state index contributed by atoms with van der Waals surface area (Å²) in [4.78, 5) is 0. The van der Waals surface area contributed by atoms with Crippen molar-refractivity contribution in [3.63, 3.8) is 0 Å². The molecule has 2 heterocycles. The van der Waals surface area contributed by atoms with Gasteiger partial charge in [-0.15, -0.1) is 15.3 Å². The van der Waals surface area contributed by atoms with E-state index >= 15 is 0 Å². The molecule has 0 bridgehead atoms. The third-order valence-corrected chi connectivity index (χ3v) is 5.25. The van der Waals surface area contributed by atoms with E-state index in [1.807, 2.05) is 42.5 Å². The van der Waals surface area contributed by atoms with Crippen molar-refractivity contribution in [2.75, 3.05) is 11.9 Å². The average Bonchev–Trinajstić information content (AvgIpc) is 3.07. The molecule has 0 spiro atoms. The number of rotatable bonds is 4. The van der Waals surface area contributed by atoms with Gasteiger partial charge in [0.15, 0.2) is 11.5 Å². The fourth-order valence-corrected chi connectivity index (χ4v) is 3.53. The normalized spacial score (nSPS) is 23.7. The molecule has 6 heteroatoms. The van der Waals surface area contributed by atoms with Gasteiger partial charge in [0.05, 0.1) is 6.10 Å². The van der Waals surface area contributed by atoms with Crippen molar-refractivity contribution < 1.29 is 5.11 Å². The van der Waals surface area contributed by atoms with E-state index in [9.17, 15) is 5.11 Å². The third kappa shape index (κ3) is 3.09. The van der Waals surface area contributed by atoms with Crippen molar-refractivity contribution in [3.05, 3.63) is 42.5 Å². The maximum atomic E-state index is 10.4. The molecule has 2 aromatic heterocycles. The Morgan fingerprint density at radius 3 is 2.80 bits per heavy atom. The second-order valence-electron chi connectivity index (χ2n) is 7.15. The minimum atomic E-state index is -0.257. The van der Waals surface area contributed by atoms with E-state index in [0.717, 1.165) is 36.5 Å². The Morgan fingerprint density at radius 1 is 1.16 bits per heavy atom. The Kier molecular flexibility index (Phi) is 4.13. The van der Waals surface area contributed by atoms with Crippen LogP contribution >= 0.6 is 0 Å². The molecule has 1 fully saturated rings. The molecule has 1 aliphatic carbocycles. The molecular weight excluding hydrogens is 314 g/mol. The van der Waals surface area contributed by atoms with E-state index in [2.05, 4.69) is 27.5 Å². The lowest BCUT2D eigenvalue weighted by Gasteiger charge is -2.38. The summed E-state index contributed by atoms with van der Waals surface area (Å²) in [5.41, 5.74) is 1.59. The smallest absolute Gasteiger partial charge is 0.185 e. The van der Waals surface area contributed by atoms with E-state index < -0.39 is 0 Å². The van der Waals surface area contributed by atoms with Crippen LogP contribution in [0, 0.1) is 5.41 Å². The highest BCUT2D eigenvalue weighted by Crippen LogP contribution is 2.36. The van der Waals surface area contributed by atoms with Crippen molar-refractivity contribution in [1.29, 1.82) is 0 Å². The number of aromatic nitrogens is 4. The molecule has 2 N–H and O–H groups in total. The maximum absolute atomic E-state index is 10.4. The lowest BCUT2D eigenvalue weighted by molar-refractivity contribution is 0.00957. The van der Waals surface area contributed by atoms with Gasteiger partial charge in [-0.1, -0.05) is 50.1 Å². The molecule has 130 valence electrons. The summed E-state index contributed by atoms with van der Waals surface area (Å²) in [6.07, 6.45) is 3.94. The van der Waals surface area contributed by atoms with Gasteiger partial charge in [0.1, 0.15) is 5.82 Å². The van der Waals surface area contributed by atoms with Crippen LogP contribution in [-0.2, 0) is 0 Å². The van der Waals surface area contributed by atoms with Crippen LogP contribution in [-0.4, -0.2) is 37.6 Å². The summed E-state index contributed by atoms with van der Waals surface area (Å²) < 4.78 is 1.76. The lowest BCUT2D eigenvalue weighted by atomic mass is 9.73.